The standard InChI is InChI=1S/C21H18N2O5S2/c1-2-9-23-16-11-17-18(28-14-27-17)12-19(16)29-21(23)22-20(24)8-10-30(25,26)13-15-6-4-3-5-7-15/h1,3-7,11-12H,8-10,13-14H2. The van der Waals surface area contributed by atoms with Gasteiger partial charge in [0.1, 0.15) is 0 Å². The van der Waals surface area contributed by atoms with Gasteiger partial charge in [-0.05, 0) is 5.56 Å². The summed E-state index contributed by atoms with van der Waals surface area (Å²) in [5.74, 6) is 2.91. The van der Waals surface area contributed by atoms with E-state index in [1.54, 1.807) is 34.9 Å². The molecule has 0 atom stereocenters. The number of carbonyl (C=O) groups excluding carboxylic acids is 1. The molecule has 0 N–H and O–H groups in total. The van der Waals surface area contributed by atoms with Crippen LogP contribution >= 0.6 is 11.3 Å². The van der Waals surface area contributed by atoms with Crippen molar-refractivity contribution in [3.8, 4) is 23.8 Å². The first kappa shape index (κ1) is 20.2. The molecule has 0 saturated heterocycles. The van der Waals surface area contributed by atoms with Crippen LogP contribution in [-0.4, -0.2) is 31.4 Å². The largest absolute Gasteiger partial charge is 0.454 e. The first-order valence-corrected chi connectivity index (χ1v) is 11.8. The molecule has 1 aromatic heterocycles. The predicted octanol–water partition coefficient (Wildman–Crippen LogP) is 2.50. The van der Waals surface area contributed by atoms with Gasteiger partial charge in [-0.15, -0.1) is 6.42 Å². The zero-order chi connectivity index (χ0) is 21.1. The van der Waals surface area contributed by atoms with Gasteiger partial charge in [0.05, 0.1) is 28.3 Å². The summed E-state index contributed by atoms with van der Waals surface area (Å²) in [6.45, 7) is 0.382. The molecule has 1 amide bonds. The molecule has 7 nitrogen and oxygen atoms in total. The molecule has 2 aromatic carbocycles. The topological polar surface area (TPSA) is 87.0 Å². The van der Waals surface area contributed by atoms with E-state index in [2.05, 4.69) is 10.9 Å². The van der Waals surface area contributed by atoms with Crippen molar-refractivity contribution in [2.24, 2.45) is 4.99 Å². The highest BCUT2D eigenvalue weighted by Crippen LogP contribution is 2.36. The van der Waals surface area contributed by atoms with Crippen molar-refractivity contribution in [3.05, 3.63) is 52.8 Å². The van der Waals surface area contributed by atoms with Gasteiger partial charge in [0.2, 0.25) is 12.7 Å². The number of fused-ring (bicyclic) bond motifs is 2. The fraction of sp³-hybridized carbons (Fsp3) is 0.238. The maximum absolute atomic E-state index is 12.4. The van der Waals surface area contributed by atoms with Crippen molar-refractivity contribution >= 4 is 37.3 Å². The smallest absolute Gasteiger partial charge is 0.249 e. The molecule has 2 heterocycles. The third kappa shape index (κ3) is 4.40. The fourth-order valence-electron chi connectivity index (χ4n) is 3.09. The summed E-state index contributed by atoms with van der Waals surface area (Å²) in [7, 11) is -3.42. The van der Waals surface area contributed by atoms with Crippen LogP contribution in [0.1, 0.15) is 12.0 Å². The normalized spacial score (nSPS) is 13.5. The maximum atomic E-state index is 12.4. The number of carbonyl (C=O) groups is 1. The quantitative estimate of drug-likeness (QED) is 0.548. The highest BCUT2D eigenvalue weighted by molar-refractivity contribution is 7.90. The van der Waals surface area contributed by atoms with Crippen molar-refractivity contribution < 1.29 is 22.7 Å². The lowest BCUT2D eigenvalue weighted by atomic mass is 10.2. The Morgan fingerprint density at radius 2 is 1.93 bits per heavy atom. The van der Waals surface area contributed by atoms with Gasteiger partial charge in [0.15, 0.2) is 26.1 Å². The molecule has 1 aliphatic heterocycles. The zero-order valence-electron chi connectivity index (χ0n) is 15.9. The van der Waals surface area contributed by atoms with Gasteiger partial charge in [-0.2, -0.15) is 4.99 Å². The zero-order valence-corrected chi connectivity index (χ0v) is 17.5. The van der Waals surface area contributed by atoms with Gasteiger partial charge < -0.3 is 14.0 Å². The lowest BCUT2D eigenvalue weighted by Gasteiger charge is -2.03. The summed E-state index contributed by atoms with van der Waals surface area (Å²) in [4.78, 5) is 17.0. The molecule has 30 heavy (non-hydrogen) atoms. The molecule has 1 aliphatic rings. The second-order valence-corrected chi connectivity index (χ2v) is 9.87. The minimum Gasteiger partial charge on any atom is -0.454 e. The van der Waals surface area contributed by atoms with E-state index in [1.807, 2.05) is 12.1 Å². The lowest BCUT2D eigenvalue weighted by Crippen LogP contribution is -2.18. The number of aromatic nitrogens is 1. The van der Waals surface area contributed by atoms with Crippen LogP contribution in [-0.2, 0) is 26.9 Å². The molecule has 0 unspecified atom stereocenters. The Hall–Kier alpha value is -3.09. The second-order valence-electron chi connectivity index (χ2n) is 6.68. The van der Waals surface area contributed by atoms with Gasteiger partial charge in [-0.3, -0.25) is 4.79 Å². The minimum absolute atomic E-state index is 0.105. The number of hydrogen-bond acceptors (Lipinski definition) is 6. The maximum Gasteiger partial charge on any atom is 0.249 e. The van der Waals surface area contributed by atoms with Crippen molar-refractivity contribution in [1.82, 2.24) is 4.57 Å². The average Bonchev–Trinajstić information content (AvgIpc) is 3.30. The molecule has 0 spiro atoms. The van der Waals surface area contributed by atoms with E-state index >= 15 is 0 Å². The Morgan fingerprint density at radius 3 is 2.67 bits per heavy atom. The monoisotopic (exact) mass is 442 g/mol. The van der Waals surface area contributed by atoms with Crippen LogP contribution < -0.4 is 14.3 Å². The van der Waals surface area contributed by atoms with Crippen molar-refractivity contribution in [3.63, 3.8) is 0 Å². The molecule has 0 aliphatic carbocycles. The molecular weight excluding hydrogens is 424 g/mol. The number of nitrogens with zero attached hydrogens (tertiary/aromatic N) is 2. The second kappa shape index (κ2) is 8.34. The molecule has 154 valence electrons. The van der Waals surface area contributed by atoms with Crippen LogP contribution in [0.5, 0.6) is 11.5 Å². The van der Waals surface area contributed by atoms with Crippen LogP contribution in [0.15, 0.2) is 47.5 Å². The number of hydrogen-bond donors (Lipinski definition) is 0. The summed E-state index contributed by atoms with van der Waals surface area (Å²) in [6.07, 6.45) is 5.29. The highest BCUT2D eigenvalue weighted by Gasteiger charge is 2.18. The van der Waals surface area contributed by atoms with E-state index in [4.69, 9.17) is 15.9 Å². The number of amides is 1. The number of terminal acetylenes is 1. The van der Waals surface area contributed by atoms with Crippen molar-refractivity contribution in [2.75, 3.05) is 12.5 Å². The fourth-order valence-corrected chi connectivity index (χ4v) is 5.48. The van der Waals surface area contributed by atoms with Gasteiger partial charge >= 0.3 is 0 Å². The van der Waals surface area contributed by atoms with Gasteiger partial charge in [0.25, 0.3) is 0 Å². The molecule has 0 radical (unpaired) electrons. The summed E-state index contributed by atoms with van der Waals surface area (Å²) >= 11 is 1.29. The Morgan fingerprint density at radius 1 is 1.20 bits per heavy atom. The summed E-state index contributed by atoms with van der Waals surface area (Å²) in [5, 5.41) is 0. The lowest BCUT2D eigenvalue weighted by molar-refractivity contribution is -0.117. The summed E-state index contributed by atoms with van der Waals surface area (Å²) in [6, 6.07) is 12.5. The third-order valence-corrected chi connectivity index (χ3v) is 7.14. The van der Waals surface area contributed by atoms with Crippen LogP contribution in [0.2, 0.25) is 0 Å². The first-order valence-electron chi connectivity index (χ1n) is 9.13. The molecule has 0 saturated carbocycles. The molecular formula is C21H18N2O5S2. The molecule has 3 aromatic rings. The van der Waals surface area contributed by atoms with Crippen LogP contribution in [0.4, 0.5) is 0 Å². The Labute approximate surface area is 177 Å². The third-order valence-electron chi connectivity index (χ3n) is 4.50. The number of sulfone groups is 1. The van der Waals surface area contributed by atoms with Crippen molar-refractivity contribution in [1.29, 1.82) is 0 Å². The summed E-state index contributed by atoms with van der Waals surface area (Å²) in [5.41, 5.74) is 1.47. The van der Waals surface area contributed by atoms with E-state index in [9.17, 15) is 13.2 Å². The SMILES string of the molecule is C#CCn1c(=NC(=O)CCS(=O)(=O)Cc2ccccc2)sc2cc3c(cc21)OCO3. The van der Waals surface area contributed by atoms with Crippen molar-refractivity contribution in [2.45, 2.75) is 18.7 Å². The van der Waals surface area contributed by atoms with E-state index in [1.165, 1.54) is 11.3 Å². The van der Waals surface area contributed by atoms with E-state index in [0.717, 1.165) is 10.2 Å². The van der Waals surface area contributed by atoms with E-state index in [-0.39, 0.29) is 31.3 Å². The predicted molar refractivity (Wildman–Crippen MR) is 114 cm³/mol. The summed E-state index contributed by atoms with van der Waals surface area (Å²) < 4.78 is 38.0. The van der Waals surface area contributed by atoms with E-state index < -0.39 is 15.7 Å². The number of rotatable bonds is 6. The Kier molecular flexibility index (Phi) is 5.61. The Bertz CT molecular complexity index is 1320. The van der Waals surface area contributed by atoms with E-state index in [0.29, 0.717) is 21.9 Å². The van der Waals surface area contributed by atoms with Crippen LogP contribution in [0.25, 0.3) is 10.2 Å². The molecule has 0 bridgehead atoms. The van der Waals surface area contributed by atoms with Crippen LogP contribution in [0, 0.1) is 12.3 Å². The number of ether oxygens (including phenoxy) is 2. The van der Waals surface area contributed by atoms with Crippen LogP contribution in [0.3, 0.4) is 0 Å². The number of thiazole rings is 1. The number of benzene rings is 2. The van der Waals surface area contributed by atoms with Gasteiger partial charge in [0, 0.05) is 18.6 Å². The average molecular weight is 443 g/mol. The van der Waals surface area contributed by atoms with Gasteiger partial charge in [-0.1, -0.05) is 47.6 Å². The Balaban J connectivity index is 1.56. The highest BCUT2D eigenvalue weighted by atomic mass is 32.2. The van der Waals surface area contributed by atoms with Gasteiger partial charge in [-0.25, -0.2) is 8.42 Å². The molecule has 0 fully saturated rings. The minimum atomic E-state index is -3.42. The molecule has 4 rings (SSSR count). The first-order chi connectivity index (χ1) is 14.4. The molecule has 9 heteroatoms.